The van der Waals surface area contributed by atoms with Crippen LogP contribution in [0.1, 0.15) is 28.1 Å². The van der Waals surface area contributed by atoms with Gasteiger partial charge in [-0.05, 0) is 25.3 Å². The second-order valence-electron chi connectivity index (χ2n) is 5.72. The minimum absolute atomic E-state index is 0.153. The fourth-order valence-corrected chi connectivity index (χ4v) is 4.09. The Morgan fingerprint density at radius 1 is 1.38 bits per heavy atom. The number of aryl methyl sites for hydroxylation is 1. The number of hydrogen-bond donors (Lipinski definition) is 0. The first-order valence-electron chi connectivity index (χ1n) is 7.55. The minimum atomic E-state index is -2.83. The Kier molecular flexibility index (Phi) is 4.64. The molecule has 0 spiro atoms. The SMILES string of the molecule is Cc1c(C=O)sc2c1c(=O)n(CC(F)F)c(=O)n2CC1CCCO1. The maximum absolute atomic E-state index is 12.8. The zero-order chi connectivity index (χ0) is 17.4. The Balaban J connectivity index is 2.28. The summed E-state index contributed by atoms with van der Waals surface area (Å²) in [6, 6.07) is 0. The molecule has 1 aliphatic heterocycles. The van der Waals surface area contributed by atoms with Gasteiger partial charge < -0.3 is 4.74 Å². The van der Waals surface area contributed by atoms with Gasteiger partial charge in [0.1, 0.15) is 4.83 Å². The van der Waals surface area contributed by atoms with Crippen molar-refractivity contribution in [3.63, 3.8) is 0 Å². The highest BCUT2D eigenvalue weighted by Gasteiger charge is 2.24. The minimum Gasteiger partial charge on any atom is -0.376 e. The van der Waals surface area contributed by atoms with E-state index in [4.69, 9.17) is 4.74 Å². The predicted molar refractivity (Wildman–Crippen MR) is 85.4 cm³/mol. The zero-order valence-electron chi connectivity index (χ0n) is 13.0. The number of alkyl halides is 2. The van der Waals surface area contributed by atoms with Gasteiger partial charge in [0, 0.05) is 6.61 Å². The lowest BCUT2D eigenvalue weighted by Crippen LogP contribution is -2.42. The molecule has 9 heteroatoms. The van der Waals surface area contributed by atoms with Crippen LogP contribution < -0.4 is 11.2 Å². The fourth-order valence-electron chi connectivity index (χ4n) is 2.98. The van der Waals surface area contributed by atoms with Gasteiger partial charge in [-0.3, -0.25) is 18.7 Å². The van der Waals surface area contributed by atoms with E-state index in [2.05, 4.69) is 0 Å². The second kappa shape index (κ2) is 6.56. The van der Waals surface area contributed by atoms with Crippen LogP contribution in [0.15, 0.2) is 9.59 Å². The molecule has 6 nitrogen and oxygen atoms in total. The molecule has 1 fully saturated rings. The zero-order valence-corrected chi connectivity index (χ0v) is 13.8. The summed E-state index contributed by atoms with van der Waals surface area (Å²) < 4.78 is 33.0. The number of halogens is 2. The van der Waals surface area contributed by atoms with Gasteiger partial charge in [0.25, 0.3) is 12.0 Å². The van der Waals surface area contributed by atoms with E-state index in [-0.39, 0.29) is 18.0 Å². The number of rotatable bonds is 5. The first kappa shape index (κ1) is 17.0. The summed E-state index contributed by atoms with van der Waals surface area (Å²) in [4.78, 5) is 36.9. The lowest BCUT2D eigenvalue weighted by molar-refractivity contribution is 0.0952. The highest BCUT2D eigenvalue weighted by atomic mass is 32.1. The molecule has 0 saturated carbocycles. The van der Waals surface area contributed by atoms with E-state index in [0.29, 0.717) is 32.7 Å². The number of aromatic nitrogens is 2. The van der Waals surface area contributed by atoms with E-state index < -0.39 is 24.2 Å². The number of hydrogen-bond acceptors (Lipinski definition) is 5. The molecule has 2 aromatic rings. The molecule has 0 radical (unpaired) electrons. The highest BCUT2D eigenvalue weighted by molar-refractivity contribution is 7.20. The molecule has 130 valence electrons. The Morgan fingerprint density at radius 2 is 2.12 bits per heavy atom. The van der Waals surface area contributed by atoms with Crippen LogP contribution in [0.5, 0.6) is 0 Å². The van der Waals surface area contributed by atoms with Gasteiger partial charge in [-0.1, -0.05) is 0 Å². The van der Waals surface area contributed by atoms with Crippen molar-refractivity contribution in [3.05, 3.63) is 31.3 Å². The number of aldehydes is 1. The quantitative estimate of drug-likeness (QED) is 0.764. The molecule has 3 heterocycles. The molecule has 0 bridgehead atoms. The van der Waals surface area contributed by atoms with Crippen LogP contribution in [0.3, 0.4) is 0 Å². The molecule has 0 N–H and O–H groups in total. The topological polar surface area (TPSA) is 70.3 Å². The largest absolute Gasteiger partial charge is 0.376 e. The van der Waals surface area contributed by atoms with Gasteiger partial charge in [-0.25, -0.2) is 13.6 Å². The molecular weight excluding hydrogens is 342 g/mol. The van der Waals surface area contributed by atoms with Crippen LogP contribution in [0, 0.1) is 6.92 Å². The van der Waals surface area contributed by atoms with Crippen molar-refractivity contribution in [3.8, 4) is 0 Å². The van der Waals surface area contributed by atoms with Crippen molar-refractivity contribution in [2.24, 2.45) is 0 Å². The van der Waals surface area contributed by atoms with Crippen LogP contribution in [0.25, 0.3) is 10.2 Å². The molecule has 24 heavy (non-hydrogen) atoms. The summed E-state index contributed by atoms with van der Waals surface area (Å²) in [6.07, 6.45) is -0.800. The highest BCUT2D eigenvalue weighted by Crippen LogP contribution is 2.27. The lowest BCUT2D eigenvalue weighted by atomic mass is 10.2. The van der Waals surface area contributed by atoms with Gasteiger partial charge in [0.15, 0.2) is 6.29 Å². The van der Waals surface area contributed by atoms with Crippen LogP contribution in [-0.2, 0) is 17.8 Å². The average Bonchev–Trinajstić information content (AvgIpc) is 3.15. The summed E-state index contributed by atoms with van der Waals surface area (Å²) >= 11 is 1.03. The van der Waals surface area contributed by atoms with Crippen molar-refractivity contribution in [2.45, 2.75) is 45.4 Å². The van der Waals surface area contributed by atoms with Crippen molar-refractivity contribution in [1.82, 2.24) is 9.13 Å². The number of fused-ring (bicyclic) bond motifs is 1. The molecule has 1 atom stereocenters. The van der Waals surface area contributed by atoms with E-state index in [9.17, 15) is 23.2 Å². The van der Waals surface area contributed by atoms with Crippen LogP contribution >= 0.6 is 11.3 Å². The Morgan fingerprint density at radius 3 is 2.71 bits per heavy atom. The van der Waals surface area contributed by atoms with E-state index >= 15 is 0 Å². The summed E-state index contributed by atoms with van der Waals surface area (Å²) in [5.41, 5.74) is -1.15. The maximum atomic E-state index is 12.8. The first-order chi connectivity index (χ1) is 11.4. The summed E-state index contributed by atoms with van der Waals surface area (Å²) in [7, 11) is 0. The standard InChI is InChI=1S/C15H16F2N2O4S/c1-8-10(7-20)24-14-12(8)13(21)18(6-11(16)17)15(22)19(14)5-9-3-2-4-23-9/h7,9,11H,2-6H2,1H3. The number of ether oxygens (including phenoxy) is 1. The molecule has 1 unspecified atom stereocenters. The third-order valence-corrected chi connectivity index (χ3v) is 5.41. The summed E-state index contributed by atoms with van der Waals surface area (Å²) in [5.74, 6) is 0. The third-order valence-electron chi connectivity index (χ3n) is 4.17. The molecule has 1 saturated heterocycles. The molecule has 0 aromatic carbocycles. The van der Waals surface area contributed by atoms with Gasteiger partial charge >= 0.3 is 5.69 Å². The Labute approximate surface area is 139 Å². The smallest absolute Gasteiger partial charge is 0.332 e. The van der Waals surface area contributed by atoms with Gasteiger partial charge in [0.2, 0.25) is 0 Å². The molecule has 3 rings (SSSR count). The van der Waals surface area contributed by atoms with Crippen LogP contribution in [0.4, 0.5) is 8.78 Å². The normalized spacial score (nSPS) is 17.9. The van der Waals surface area contributed by atoms with Crippen LogP contribution in [0.2, 0.25) is 0 Å². The number of carbonyl (C=O) groups is 1. The Hall–Kier alpha value is -1.87. The monoisotopic (exact) mass is 358 g/mol. The summed E-state index contributed by atoms with van der Waals surface area (Å²) in [5, 5.41) is 0.153. The van der Waals surface area contributed by atoms with E-state index in [1.165, 1.54) is 4.57 Å². The van der Waals surface area contributed by atoms with Crippen molar-refractivity contribution in [2.75, 3.05) is 6.61 Å². The fraction of sp³-hybridized carbons (Fsp3) is 0.533. The van der Waals surface area contributed by atoms with Crippen molar-refractivity contribution in [1.29, 1.82) is 0 Å². The van der Waals surface area contributed by atoms with E-state index in [1.54, 1.807) is 6.92 Å². The maximum Gasteiger partial charge on any atom is 0.332 e. The van der Waals surface area contributed by atoms with Crippen LogP contribution in [-0.4, -0.2) is 34.6 Å². The van der Waals surface area contributed by atoms with Gasteiger partial charge in [0.05, 0.1) is 29.5 Å². The first-order valence-corrected chi connectivity index (χ1v) is 8.37. The third kappa shape index (κ3) is 2.82. The number of thiophene rings is 1. The van der Waals surface area contributed by atoms with E-state index in [0.717, 1.165) is 24.2 Å². The number of carbonyl (C=O) groups excluding carboxylic acids is 1. The van der Waals surface area contributed by atoms with Crippen molar-refractivity contribution < 1.29 is 18.3 Å². The molecule has 0 aliphatic carbocycles. The second-order valence-corrected chi connectivity index (χ2v) is 6.76. The Bertz CT molecular complexity index is 893. The number of nitrogens with zero attached hydrogens (tertiary/aromatic N) is 2. The van der Waals surface area contributed by atoms with Crippen molar-refractivity contribution >= 4 is 27.8 Å². The predicted octanol–water partition coefficient (Wildman–Crippen LogP) is 1.79. The molecule has 0 amide bonds. The van der Waals surface area contributed by atoms with E-state index in [1.807, 2.05) is 0 Å². The molecule has 2 aromatic heterocycles. The molecule has 1 aliphatic rings. The molecular formula is C15H16F2N2O4S. The van der Waals surface area contributed by atoms with Gasteiger partial charge in [-0.15, -0.1) is 11.3 Å². The average molecular weight is 358 g/mol. The summed E-state index contributed by atoms with van der Waals surface area (Å²) in [6.45, 7) is 1.38. The lowest BCUT2D eigenvalue weighted by Gasteiger charge is -2.15. The van der Waals surface area contributed by atoms with Gasteiger partial charge in [-0.2, -0.15) is 0 Å².